The van der Waals surface area contributed by atoms with E-state index < -0.39 is 17.7 Å². The van der Waals surface area contributed by atoms with Crippen molar-refractivity contribution in [2.75, 3.05) is 13.7 Å². The molecule has 0 aliphatic rings. The number of aliphatic hydroxyl groups is 1. The van der Waals surface area contributed by atoms with Gasteiger partial charge in [0.05, 0.1) is 6.61 Å². The SMILES string of the molecule is CN[C@@H](CO)C(=O)NCc1ccc(Cc2c(C)[nH]c(=O)c(Br)c2OCc2ccc(F)cc2F)cc1. The summed E-state index contributed by atoms with van der Waals surface area (Å²) in [4.78, 5) is 27.1. The maximum absolute atomic E-state index is 14.1. The number of carbonyl (C=O) groups excluding carboxylic acids is 1. The van der Waals surface area contributed by atoms with Crippen LogP contribution in [0.2, 0.25) is 0 Å². The van der Waals surface area contributed by atoms with Gasteiger partial charge >= 0.3 is 0 Å². The van der Waals surface area contributed by atoms with E-state index in [1.165, 1.54) is 6.07 Å². The highest BCUT2D eigenvalue weighted by atomic mass is 79.9. The van der Waals surface area contributed by atoms with Gasteiger partial charge in [-0.05, 0) is 53.2 Å². The van der Waals surface area contributed by atoms with Crippen molar-refractivity contribution in [1.82, 2.24) is 15.6 Å². The lowest BCUT2D eigenvalue weighted by Gasteiger charge is -2.16. The average molecular weight is 550 g/mol. The summed E-state index contributed by atoms with van der Waals surface area (Å²) in [5.74, 6) is -1.43. The number of hydrogen-bond donors (Lipinski definition) is 4. The Hall–Kier alpha value is -3.08. The first kappa shape index (κ1) is 26.5. The third kappa shape index (κ3) is 6.74. The molecule has 0 radical (unpaired) electrons. The second-order valence-corrected chi connectivity index (χ2v) is 8.75. The number of H-pyrrole nitrogens is 1. The molecule has 1 aromatic heterocycles. The van der Waals surface area contributed by atoms with Crippen LogP contribution < -0.4 is 20.9 Å². The summed E-state index contributed by atoms with van der Waals surface area (Å²) in [6.07, 6.45) is 0.418. The molecule has 0 saturated heterocycles. The number of hydrogen-bond acceptors (Lipinski definition) is 5. The minimum atomic E-state index is -0.730. The van der Waals surface area contributed by atoms with E-state index in [0.717, 1.165) is 23.3 Å². The molecule has 0 aliphatic carbocycles. The molecular weight excluding hydrogens is 524 g/mol. The zero-order valence-electron chi connectivity index (χ0n) is 19.3. The van der Waals surface area contributed by atoms with Crippen LogP contribution in [0.3, 0.4) is 0 Å². The normalized spacial score (nSPS) is 11.8. The van der Waals surface area contributed by atoms with Gasteiger partial charge in [-0.15, -0.1) is 0 Å². The molecule has 1 atom stereocenters. The van der Waals surface area contributed by atoms with E-state index in [-0.39, 0.29) is 40.5 Å². The number of ether oxygens (including phenoxy) is 1. The van der Waals surface area contributed by atoms with Crippen molar-refractivity contribution in [3.8, 4) is 5.75 Å². The number of aromatic nitrogens is 1. The van der Waals surface area contributed by atoms with Crippen LogP contribution in [-0.4, -0.2) is 35.7 Å². The molecule has 4 N–H and O–H groups in total. The minimum absolute atomic E-state index is 0.162. The Balaban J connectivity index is 1.76. The monoisotopic (exact) mass is 549 g/mol. The van der Waals surface area contributed by atoms with Gasteiger partial charge in [0, 0.05) is 35.9 Å². The van der Waals surface area contributed by atoms with Crippen molar-refractivity contribution in [3.63, 3.8) is 0 Å². The van der Waals surface area contributed by atoms with Crippen LogP contribution in [0.4, 0.5) is 8.78 Å². The fourth-order valence-electron chi connectivity index (χ4n) is 3.46. The maximum atomic E-state index is 14.1. The number of likely N-dealkylation sites (N-methyl/N-ethyl adjacent to an activating group) is 1. The molecule has 35 heavy (non-hydrogen) atoms. The second kappa shape index (κ2) is 12.1. The first-order chi connectivity index (χ1) is 16.7. The molecule has 0 spiro atoms. The van der Waals surface area contributed by atoms with Crippen molar-refractivity contribution in [3.05, 3.63) is 96.9 Å². The Labute approximate surface area is 209 Å². The first-order valence-corrected chi connectivity index (χ1v) is 11.6. The van der Waals surface area contributed by atoms with E-state index in [4.69, 9.17) is 4.74 Å². The first-order valence-electron chi connectivity index (χ1n) is 10.8. The molecule has 3 aromatic rings. The Morgan fingerprint density at radius 2 is 1.86 bits per heavy atom. The number of carbonyl (C=O) groups is 1. The van der Waals surface area contributed by atoms with Gasteiger partial charge in [-0.3, -0.25) is 9.59 Å². The van der Waals surface area contributed by atoms with Crippen LogP contribution in [0.15, 0.2) is 51.7 Å². The van der Waals surface area contributed by atoms with Crippen LogP contribution in [0.1, 0.15) is 27.9 Å². The van der Waals surface area contributed by atoms with Crippen LogP contribution in [0.5, 0.6) is 5.75 Å². The summed E-state index contributed by atoms with van der Waals surface area (Å²) in [6, 6.07) is 10.1. The third-order valence-corrected chi connectivity index (χ3v) is 6.25. The van der Waals surface area contributed by atoms with Crippen molar-refractivity contribution in [1.29, 1.82) is 0 Å². The van der Waals surface area contributed by atoms with Gasteiger partial charge in [-0.25, -0.2) is 8.78 Å². The fraction of sp³-hybridized carbons (Fsp3) is 0.280. The summed E-state index contributed by atoms with van der Waals surface area (Å²) in [5, 5.41) is 14.7. The summed E-state index contributed by atoms with van der Waals surface area (Å²) >= 11 is 3.27. The zero-order chi connectivity index (χ0) is 25.5. The number of aliphatic hydroxyl groups excluding tert-OH is 1. The van der Waals surface area contributed by atoms with Gasteiger partial charge in [0.25, 0.3) is 5.56 Å². The maximum Gasteiger partial charge on any atom is 0.266 e. The number of halogens is 3. The van der Waals surface area contributed by atoms with Gasteiger partial charge in [-0.2, -0.15) is 0 Å². The second-order valence-electron chi connectivity index (χ2n) is 7.96. The quantitative estimate of drug-likeness (QED) is 0.311. The molecule has 2 aromatic carbocycles. The molecule has 1 heterocycles. The predicted octanol–water partition coefficient (Wildman–Crippen LogP) is 3.09. The highest BCUT2D eigenvalue weighted by Gasteiger charge is 2.18. The molecule has 0 bridgehead atoms. The lowest BCUT2D eigenvalue weighted by Crippen LogP contribution is -2.44. The lowest BCUT2D eigenvalue weighted by atomic mass is 10.0. The van der Waals surface area contributed by atoms with Crippen LogP contribution in [0, 0.1) is 18.6 Å². The molecule has 10 heteroatoms. The topological polar surface area (TPSA) is 103 Å². The van der Waals surface area contributed by atoms with Crippen molar-refractivity contribution in [2.45, 2.75) is 32.5 Å². The predicted molar refractivity (Wildman–Crippen MR) is 131 cm³/mol. The van der Waals surface area contributed by atoms with Crippen molar-refractivity contribution in [2.24, 2.45) is 0 Å². The largest absolute Gasteiger partial charge is 0.487 e. The Morgan fingerprint density at radius 1 is 1.17 bits per heavy atom. The highest BCUT2D eigenvalue weighted by molar-refractivity contribution is 9.10. The molecule has 0 fully saturated rings. The van der Waals surface area contributed by atoms with E-state index in [1.54, 1.807) is 14.0 Å². The van der Waals surface area contributed by atoms with Crippen molar-refractivity contribution >= 4 is 21.8 Å². The molecule has 1 amide bonds. The number of rotatable bonds is 10. The van der Waals surface area contributed by atoms with E-state index >= 15 is 0 Å². The molecule has 3 rings (SSSR count). The molecule has 0 aliphatic heterocycles. The van der Waals surface area contributed by atoms with Crippen molar-refractivity contribution < 1.29 is 23.4 Å². The number of aryl methyl sites for hydroxylation is 1. The van der Waals surface area contributed by atoms with E-state index in [9.17, 15) is 23.5 Å². The molecule has 0 unspecified atom stereocenters. The van der Waals surface area contributed by atoms with Gasteiger partial charge in [0.2, 0.25) is 5.91 Å². The van der Waals surface area contributed by atoms with E-state index in [2.05, 4.69) is 31.5 Å². The molecular formula is C25H26BrF2N3O4. The molecule has 186 valence electrons. The summed E-state index contributed by atoms with van der Waals surface area (Å²) in [7, 11) is 1.60. The van der Waals surface area contributed by atoms with E-state index in [0.29, 0.717) is 24.2 Å². The number of nitrogens with one attached hydrogen (secondary N) is 3. The van der Waals surface area contributed by atoms with Crippen LogP contribution in [0.25, 0.3) is 0 Å². The van der Waals surface area contributed by atoms with Crippen LogP contribution >= 0.6 is 15.9 Å². The van der Waals surface area contributed by atoms with Gasteiger partial charge in [0.15, 0.2) is 0 Å². The Morgan fingerprint density at radius 3 is 2.49 bits per heavy atom. The lowest BCUT2D eigenvalue weighted by molar-refractivity contribution is -0.124. The smallest absolute Gasteiger partial charge is 0.266 e. The standard InChI is InChI=1S/C25H26BrF2N3O4/c1-14-19(9-15-3-5-16(6-4-15)11-30-24(33)21(12-32)29-2)23(22(26)25(34)31-14)35-13-17-7-8-18(27)10-20(17)28/h3-8,10,21,29,32H,9,11-13H2,1-2H3,(H,30,33)(H,31,34)/t21-/m0/s1. The zero-order valence-corrected chi connectivity index (χ0v) is 20.8. The number of amides is 1. The Kier molecular flexibility index (Phi) is 9.13. The van der Waals surface area contributed by atoms with Gasteiger partial charge < -0.3 is 25.5 Å². The van der Waals surface area contributed by atoms with Crippen LogP contribution in [-0.2, 0) is 24.4 Å². The summed E-state index contributed by atoms with van der Waals surface area (Å²) in [6.45, 7) is 1.57. The third-order valence-electron chi connectivity index (χ3n) is 5.53. The minimum Gasteiger partial charge on any atom is -0.487 e. The highest BCUT2D eigenvalue weighted by Crippen LogP contribution is 2.31. The summed E-state index contributed by atoms with van der Waals surface area (Å²) < 4.78 is 33.3. The van der Waals surface area contributed by atoms with E-state index in [1.807, 2.05) is 24.3 Å². The average Bonchev–Trinajstić information content (AvgIpc) is 2.83. The number of pyridine rings is 1. The van der Waals surface area contributed by atoms with Gasteiger partial charge in [-0.1, -0.05) is 24.3 Å². The Bertz CT molecular complexity index is 1240. The van der Waals surface area contributed by atoms with Gasteiger partial charge in [0.1, 0.15) is 34.5 Å². The summed E-state index contributed by atoms with van der Waals surface area (Å²) in [5.41, 5.74) is 2.89. The molecule has 0 saturated carbocycles. The fourth-order valence-corrected chi connectivity index (χ4v) is 3.91. The number of benzene rings is 2. The molecule has 7 nitrogen and oxygen atoms in total. The number of aromatic amines is 1.